The van der Waals surface area contributed by atoms with Crippen molar-refractivity contribution in [2.45, 2.75) is 72.8 Å². The molecule has 158 valence electrons. The Labute approximate surface area is 175 Å². The number of benzene rings is 1. The summed E-state index contributed by atoms with van der Waals surface area (Å²) in [7, 11) is 0. The molecule has 1 fully saturated rings. The van der Waals surface area contributed by atoms with E-state index in [1.807, 2.05) is 19.1 Å². The molecule has 0 saturated heterocycles. The Morgan fingerprint density at radius 2 is 1.79 bits per heavy atom. The van der Waals surface area contributed by atoms with Crippen LogP contribution in [0.1, 0.15) is 62.9 Å². The van der Waals surface area contributed by atoms with E-state index in [1.165, 1.54) is 36.9 Å². The van der Waals surface area contributed by atoms with Crippen LogP contribution in [0.25, 0.3) is 0 Å². The number of hydrogen-bond acceptors (Lipinski definition) is 3. The van der Waals surface area contributed by atoms with E-state index in [0.717, 1.165) is 42.5 Å². The van der Waals surface area contributed by atoms with E-state index in [2.05, 4.69) is 53.3 Å². The standard InChI is InChI=1S/C24H36N4O/c1-17(2)16-28-19(4)23(18(3)27-28)13-14-24(29)26-22-11-9-21(10-12-22)25-15-20-7-5-6-8-20/h9-12,17,20,25H,5-8,13-16H2,1-4H3,(H,26,29). The van der Waals surface area contributed by atoms with Crippen molar-refractivity contribution >= 4 is 17.3 Å². The van der Waals surface area contributed by atoms with E-state index in [9.17, 15) is 4.79 Å². The minimum absolute atomic E-state index is 0.0482. The number of rotatable bonds is 9. The van der Waals surface area contributed by atoms with Gasteiger partial charge in [0.25, 0.3) is 0 Å². The fourth-order valence-corrected chi connectivity index (χ4v) is 4.23. The third-order valence-corrected chi connectivity index (χ3v) is 5.91. The molecule has 1 saturated carbocycles. The van der Waals surface area contributed by atoms with Crippen LogP contribution >= 0.6 is 0 Å². The molecule has 0 radical (unpaired) electrons. The molecule has 5 nitrogen and oxygen atoms in total. The Morgan fingerprint density at radius 3 is 2.45 bits per heavy atom. The zero-order valence-corrected chi connectivity index (χ0v) is 18.4. The summed E-state index contributed by atoms with van der Waals surface area (Å²) in [5, 5.41) is 11.2. The van der Waals surface area contributed by atoms with Gasteiger partial charge in [0.1, 0.15) is 0 Å². The Hall–Kier alpha value is -2.30. The maximum Gasteiger partial charge on any atom is 0.224 e. The van der Waals surface area contributed by atoms with Crippen molar-refractivity contribution in [3.05, 3.63) is 41.2 Å². The molecule has 1 aromatic carbocycles. The van der Waals surface area contributed by atoms with E-state index in [-0.39, 0.29) is 5.91 Å². The second-order valence-electron chi connectivity index (χ2n) is 8.88. The zero-order chi connectivity index (χ0) is 20.8. The molecule has 2 aromatic rings. The van der Waals surface area contributed by atoms with Crippen LogP contribution in [0, 0.1) is 25.7 Å². The first kappa shape index (κ1) is 21.4. The van der Waals surface area contributed by atoms with Gasteiger partial charge in [-0.1, -0.05) is 26.7 Å². The molecule has 1 heterocycles. The lowest BCUT2D eigenvalue weighted by molar-refractivity contribution is -0.116. The molecule has 0 unspecified atom stereocenters. The molecule has 0 bridgehead atoms. The van der Waals surface area contributed by atoms with Gasteiger partial charge in [-0.25, -0.2) is 0 Å². The fraction of sp³-hybridized carbons (Fsp3) is 0.583. The van der Waals surface area contributed by atoms with Crippen LogP contribution in [-0.4, -0.2) is 22.2 Å². The van der Waals surface area contributed by atoms with Gasteiger partial charge >= 0.3 is 0 Å². The van der Waals surface area contributed by atoms with Gasteiger partial charge in [0.2, 0.25) is 5.91 Å². The minimum Gasteiger partial charge on any atom is -0.385 e. The monoisotopic (exact) mass is 396 g/mol. The first-order valence-electron chi connectivity index (χ1n) is 11.1. The molecule has 0 spiro atoms. The average Bonchev–Trinajstić information content (AvgIpc) is 3.28. The maximum absolute atomic E-state index is 12.4. The van der Waals surface area contributed by atoms with Crippen molar-refractivity contribution in [1.29, 1.82) is 0 Å². The topological polar surface area (TPSA) is 59.0 Å². The smallest absolute Gasteiger partial charge is 0.224 e. The number of nitrogens with one attached hydrogen (secondary N) is 2. The van der Waals surface area contributed by atoms with Crippen LogP contribution in [0.15, 0.2) is 24.3 Å². The third kappa shape index (κ3) is 6.09. The highest BCUT2D eigenvalue weighted by atomic mass is 16.1. The van der Waals surface area contributed by atoms with Gasteiger partial charge in [0.05, 0.1) is 5.69 Å². The largest absolute Gasteiger partial charge is 0.385 e. The predicted octanol–water partition coefficient (Wildman–Crippen LogP) is 5.33. The Kier molecular flexibility index (Phi) is 7.34. The minimum atomic E-state index is 0.0482. The van der Waals surface area contributed by atoms with Gasteiger partial charge in [-0.2, -0.15) is 5.10 Å². The summed E-state index contributed by atoms with van der Waals surface area (Å²) < 4.78 is 2.07. The van der Waals surface area contributed by atoms with Crippen molar-refractivity contribution in [2.75, 3.05) is 17.2 Å². The van der Waals surface area contributed by atoms with Crippen LogP contribution < -0.4 is 10.6 Å². The first-order chi connectivity index (χ1) is 13.9. The lowest BCUT2D eigenvalue weighted by Crippen LogP contribution is -2.13. The van der Waals surface area contributed by atoms with Crippen LogP contribution in [0.5, 0.6) is 0 Å². The highest BCUT2D eigenvalue weighted by Crippen LogP contribution is 2.25. The maximum atomic E-state index is 12.4. The molecule has 0 aliphatic heterocycles. The normalized spacial score (nSPS) is 14.5. The first-order valence-corrected chi connectivity index (χ1v) is 11.1. The molecule has 1 aromatic heterocycles. The van der Waals surface area contributed by atoms with Crippen LogP contribution in [0.2, 0.25) is 0 Å². The number of anilines is 2. The summed E-state index contributed by atoms with van der Waals surface area (Å²) in [6.07, 6.45) is 6.62. The Balaban J connectivity index is 1.47. The average molecular weight is 397 g/mol. The fourth-order valence-electron chi connectivity index (χ4n) is 4.23. The molecule has 29 heavy (non-hydrogen) atoms. The second kappa shape index (κ2) is 9.95. The molecule has 5 heteroatoms. The zero-order valence-electron chi connectivity index (χ0n) is 18.4. The predicted molar refractivity (Wildman–Crippen MR) is 120 cm³/mol. The number of carbonyl (C=O) groups excluding carboxylic acids is 1. The van der Waals surface area contributed by atoms with E-state index in [4.69, 9.17) is 0 Å². The molecule has 1 amide bonds. The highest BCUT2D eigenvalue weighted by Gasteiger charge is 2.15. The van der Waals surface area contributed by atoms with E-state index in [0.29, 0.717) is 12.3 Å². The summed E-state index contributed by atoms with van der Waals surface area (Å²) >= 11 is 0. The summed E-state index contributed by atoms with van der Waals surface area (Å²) in [6.45, 7) is 10.5. The third-order valence-electron chi connectivity index (χ3n) is 5.91. The van der Waals surface area contributed by atoms with E-state index < -0.39 is 0 Å². The number of aromatic nitrogens is 2. The van der Waals surface area contributed by atoms with Gasteiger partial charge in [-0.15, -0.1) is 0 Å². The molecule has 3 rings (SSSR count). The Morgan fingerprint density at radius 1 is 1.14 bits per heavy atom. The van der Waals surface area contributed by atoms with E-state index in [1.54, 1.807) is 0 Å². The van der Waals surface area contributed by atoms with Crippen molar-refractivity contribution in [3.63, 3.8) is 0 Å². The second-order valence-corrected chi connectivity index (χ2v) is 8.88. The molecular formula is C24H36N4O. The SMILES string of the molecule is Cc1nn(CC(C)C)c(C)c1CCC(=O)Nc1ccc(NCC2CCCC2)cc1. The van der Waals surface area contributed by atoms with Gasteiger partial charge in [0.15, 0.2) is 0 Å². The van der Waals surface area contributed by atoms with Gasteiger partial charge in [0, 0.05) is 36.6 Å². The van der Waals surface area contributed by atoms with Gasteiger partial charge < -0.3 is 10.6 Å². The highest BCUT2D eigenvalue weighted by molar-refractivity contribution is 5.91. The summed E-state index contributed by atoms with van der Waals surface area (Å²) in [5.74, 6) is 1.41. The summed E-state index contributed by atoms with van der Waals surface area (Å²) in [4.78, 5) is 12.4. The molecule has 0 atom stereocenters. The summed E-state index contributed by atoms with van der Waals surface area (Å²) in [5.41, 5.74) is 5.40. The van der Waals surface area contributed by atoms with Crippen molar-refractivity contribution in [3.8, 4) is 0 Å². The van der Waals surface area contributed by atoms with Gasteiger partial charge in [-0.05, 0) is 74.8 Å². The van der Waals surface area contributed by atoms with Crippen LogP contribution in [0.4, 0.5) is 11.4 Å². The lowest BCUT2D eigenvalue weighted by atomic mass is 10.1. The van der Waals surface area contributed by atoms with E-state index >= 15 is 0 Å². The number of aryl methyl sites for hydroxylation is 1. The number of nitrogens with zero attached hydrogens (tertiary/aromatic N) is 2. The van der Waals surface area contributed by atoms with Crippen molar-refractivity contribution < 1.29 is 4.79 Å². The Bertz CT molecular complexity index is 801. The molecular weight excluding hydrogens is 360 g/mol. The number of hydrogen-bond donors (Lipinski definition) is 2. The summed E-state index contributed by atoms with van der Waals surface area (Å²) in [6, 6.07) is 8.06. The van der Waals surface area contributed by atoms with Crippen molar-refractivity contribution in [2.24, 2.45) is 11.8 Å². The molecule has 1 aliphatic carbocycles. The van der Waals surface area contributed by atoms with Crippen LogP contribution in [0.3, 0.4) is 0 Å². The van der Waals surface area contributed by atoms with Gasteiger partial charge in [-0.3, -0.25) is 9.48 Å². The lowest BCUT2D eigenvalue weighted by Gasteiger charge is -2.12. The quantitative estimate of drug-likeness (QED) is 0.602. The molecule has 2 N–H and O–H groups in total. The molecule has 1 aliphatic rings. The van der Waals surface area contributed by atoms with Crippen LogP contribution in [-0.2, 0) is 17.8 Å². The van der Waals surface area contributed by atoms with Crippen molar-refractivity contribution in [1.82, 2.24) is 9.78 Å². The number of carbonyl (C=O) groups is 1. The number of amides is 1.